The van der Waals surface area contributed by atoms with Crippen LogP contribution in [0, 0.1) is 0 Å². The van der Waals surface area contributed by atoms with Crippen molar-refractivity contribution in [2.45, 2.75) is 37.0 Å². The molecule has 124 valence electrons. The van der Waals surface area contributed by atoms with Gasteiger partial charge in [0.15, 0.2) is 0 Å². The summed E-state index contributed by atoms with van der Waals surface area (Å²) in [4.78, 5) is 2.58. The summed E-state index contributed by atoms with van der Waals surface area (Å²) in [6.07, 6.45) is 5.08. The van der Waals surface area contributed by atoms with Crippen molar-refractivity contribution in [1.82, 2.24) is 4.83 Å². The first-order valence-corrected chi connectivity index (χ1v) is 9.60. The molecule has 0 unspecified atom stereocenters. The highest BCUT2D eigenvalue weighted by Crippen LogP contribution is 2.30. The molecule has 0 amide bonds. The fourth-order valence-corrected chi connectivity index (χ4v) is 4.00. The van der Waals surface area contributed by atoms with Gasteiger partial charge < -0.3 is 4.42 Å². The molecule has 0 atom stereocenters. The third-order valence-electron chi connectivity index (χ3n) is 4.41. The molecule has 0 bridgehead atoms. The van der Waals surface area contributed by atoms with Crippen LogP contribution in [0.15, 0.2) is 56.9 Å². The molecule has 24 heavy (non-hydrogen) atoms. The van der Waals surface area contributed by atoms with Crippen molar-refractivity contribution in [1.29, 1.82) is 0 Å². The molecule has 0 radical (unpaired) electrons. The monoisotopic (exact) mass is 342 g/mol. The number of sulfonamides is 1. The van der Waals surface area contributed by atoms with Gasteiger partial charge in [-0.3, -0.25) is 0 Å². The quantitative estimate of drug-likeness (QED) is 0.726. The zero-order valence-corrected chi connectivity index (χ0v) is 14.0. The number of hydrogen-bond acceptors (Lipinski definition) is 4. The largest absolute Gasteiger partial charge is 0.456 e. The van der Waals surface area contributed by atoms with Crippen LogP contribution in [0.3, 0.4) is 0 Å². The van der Waals surface area contributed by atoms with Gasteiger partial charge in [-0.25, -0.2) is 4.83 Å². The maximum absolute atomic E-state index is 12.5. The van der Waals surface area contributed by atoms with Gasteiger partial charge >= 0.3 is 0 Å². The summed E-state index contributed by atoms with van der Waals surface area (Å²) in [5.74, 6) is 0. The SMILES string of the molecule is O=S(=O)(NN=C1CCCCC1)c1ccc2oc3ccccc3c2c1. The first-order valence-electron chi connectivity index (χ1n) is 8.12. The number of fused-ring (bicyclic) bond motifs is 3. The minimum atomic E-state index is -3.68. The van der Waals surface area contributed by atoms with Gasteiger partial charge in [0.2, 0.25) is 0 Å². The maximum atomic E-state index is 12.5. The van der Waals surface area contributed by atoms with Crippen LogP contribution in [0.2, 0.25) is 0 Å². The van der Waals surface area contributed by atoms with E-state index in [0.717, 1.165) is 47.8 Å². The van der Waals surface area contributed by atoms with Crippen LogP contribution in [0.5, 0.6) is 0 Å². The lowest BCUT2D eigenvalue weighted by molar-refractivity contribution is 0.583. The van der Waals surface area contributed by atoms with Crippen LogP contribution >= 0.6 is 0 Å². The molecule has 5 nitrogen and oxygen atoms in total. The van der Waals surface area contributed by atoms with Gasteiger partial charge in [0.25, 0.3) is 10.0 Å². The van der Waals surface area contributed by atoms with E-state index in [4.69, 9.17) is 4.42 Å². The van der Waals surface area contributed by atoms with Gasteiger partial charge in [0, 0.05) is 16.5 Å². The van der Waals surface area contributed by atoms with Crippen LogP contribution in [0.4, 0.5) is 0 Å². The molecule has 3 aromatic rings. The van der Waals surface area contributed by atoms with Crippen molar-refractivity contribution >= 4 is 37.7 Å². The molecule has 6 heteroatoms. The Bertz CT molecular complexity index is 1030. The highest BCUT2D eigenvalue weighted by molar-refractivity contribution is 7.89. The summed E-state index contributed by atoms with van der Waals surface area (Å²) in [6, 6.07) is 12.5. The normalized spacial score (nSPS) is 15.8. The number of nitrogens with zero attached hydrogens (tertiary/aromatic N) is 1. The highest BCUT2D eigenvalue weighted by Gasteiger charge is 2.17. The number of furan rings is 1. The highest BCUT2D eigenvalue weighted by atomic mass is 32.2. The molecule has 0 aliphatic heterocycles. The molecule has 1 aliphatic rings. The van der Waals surface area contributed by atoms with E-state index >= 15 is 0 Å². The Labute approximate surface area is 140 Å². The second-order valence-electron chi connectivity index (χ2n) is 6.09. The Hall–Kier alpha value is -2.34. The van der Waals surface area contributed by atoms with E-state index in [9.17, 15) is 8.42 Å². The van der Waals surface area contributed by atoms with E-state index in [-0.39, 0.29) is 4.90 Å². The fraction of sp³-hybridized carbons (Fsp3) is 0.278. The predicted molar refractivity (Wildman–Crippen MR) is 94.6 cm³/mol. The Balaban J connectivity index is 1.70. The Morgan fingerprint density at radius 3 is 2.50 bits per heavy atom. The topological polar surface area (TPSA) is 71.7 Å². The van der Waals surface area contributed by atoms with Crippen molar-refractivity contribution in [3.05, 3.63) is 42.5 Å². The molecular formula is C18H18N2O3S. The molecule has 0 saturated heterocycles. The molecule has 1 aromatic heterocycles. The molecule has 0 spiro atoms. The molecule has 1 aliphatic carbocycles. The zero-order chi connectivity index (χ0) is 16.6. The summed E-state index contributed by atoms with van der Waals surface area (Å²) >= 11 is 0. The summed E-state index contributed by atoms with van der Waals surface area (Å²) < 4.78 is 30.8. The van der Waals surface area contributed by atoms with Crippen LogP contribution in [-0.4, -0.2) is 14.1 Å². The van der Waals surface area contributed by atoms with Crippen LogP contribution < -0.4 is 4.83 Å². The molecular weight excluding hydrogens is 324 g/mol. The fourth-order valence-electron chi connectivity index (χ4n) is 3.12. The summed E-state index contributed by atoms with van der Waals surface area (Å²) in [5.41, 5.74) is 2.35. The van der Waals surface area contributed by atoms with E-state index < -0.39 is 10.0 Å². The molecule has 2 aromatic carbocycles. The smallest absolute Gasteiger partial charge is 0.276 e. The van der Waals surface area contributed by atoms with Gasteiger partial charge in [-0.05, 0) is 49.9 Å². The maximum Gasteiger partial charge on any atom is 0.276 e. The first-order chi connectivity index (χ1) is 11.6. The number of rotatable bonds is 3. The van der Waals surface area contributed by atoms with Gasteiger partial charge in [0.1, 0.15) is 11.2 Å². The minimum absolute atomic E-state index is 0.196. The van der Waals surface area contributed by atoms with Gasteiger partial charge in [-0.2, -0.15) is 13.5 Å². The summed E-state index contributed by atoms with van der Waals surface area (Å²) in [6.45, 7) is 0. The number of nitrogens with one attached hydrogen (secondary N) is 1. The number of hydrogen-bond donors (Lipinski definition) is 1. The molecule has 4 rings (SSSR count). The molecule has 1 fully saturated rings. The van der Waals surface area contributed by atoms with Crippen LogP contribution in [0.25, 0.3) is 21.9 Å². The van der Waals surface area contributed by atoms with E-state index in [1.54, 1.807) is 18.2 Å². The third-order valence-corrected chi connectivity index (χ3v) is 5.62. The third kappa shape index (κ3) is 2.78. The average molecular weight is 342 g/mol. The zero-order valence-electron chi connectivity index (χ0n) is 13.2. The summed E-state index contributed by atoms with van der Waals surface area (Å²) in [5, 5.41) is 5.81. The standard InChI is InChI=1S/C18H18N2O3S/c21-24(22,20-19-13-6-2-1-3-7-13)14-10-11-18-16(12-14)15-8-4-5-9-17(15)23-18/h4-5,8-12,20H,1-3,6-7H2. The number of benzene rings is 2. The lowest BCUT2D eigenvalue weighted by Gasteiger charge is -2.12. The molecule has 1 N–H and O–H groups in total. The van der Waals surface area contributed by atoms with Crippen molar-refractivity contribution in [2.75, 3.05) is 0 Å². The van der Waals surface area contributed by atoms with Gasteiger partial charge in [0.05, 0.1) is 4.90 Å². The van der Waals surface area contributed by atoms with Gasteiger partial charge in [-0.1, -0.05) is 24.6 Å². The van der Waals surface area contributed by atoms with E-state index in [1.807, 2.05) is 24.3 Å². The van der Waals surface area contributed by atoms with Gasteiger partial charge in [-0.15, -0.1) is 0 Å². The van der Waals surface area contributed by atoms with Crippen LogP contribution in [-0.2, 0) is 10.0 Å². The number of hydrazone groups is 1. The Morgan fingerprint density at radius 1 is 0.917 bits per heavy atom. The predicted octanol–water partition coefficient (Wildman–Crippen LogP) is 4.18. The van der Waals surface area contributed by atoms with Crippen molar-refractivity contribution < 1.29 is 12.8 Å². The number of para-hydroxylation sites is 1. The molecule has 1 heterocycles. The minimum Gasteiger partial charge on any atom is -0.456 e. The van der Waals surface area contributed by atoms with Crippen molar-refractivity contribution in [3.8, 4) is 0 Å². The summed E-state index contributed by atoms with van der Waals surface area (Å²) in [7, 11) is -3.68. The second-order valence-corrected chi connectivity index (χ2v) is 7.75. The second kappa shape index (κ2) is 5.94. The lowest BCUT2D eigenvalue weighted by atomic mass is 9.99. The van der Waals surface area contributed by atoms with Crippen molar-refractivity contribution in [2.24, 2.45) is 5.10 Å². The van der Waals surface area contributed by atoms with E-state index in [1.165, 1.54) is 6.42 Å². The van der Waals surface area contributed by atoms with Crippen molar-refractivity contribution in [3.63, 3.8) is 0 Å². The van der Waals surface area contributed by atoms with E-state index in [2.05, 4.69) is 9.93 Å². The first kappa shape index (κ1) is 15.2. The average Bonchev–Trinajstić information content (AvgIpc) is 2.99. The van der Waals surface area contributed by atoms with E-state index in [0.29, 0.717) is 5.58 Å². The lowest BCUT2D eigenvalue weighted by Crippen LogP contribution is -2.21. The molecule has 1 saturated carbocycles. The Morgan fingerprint density at radius 2 is 1.67 bits per heavy atom. The van der Waals surface area contributed by atoms with Crippen LogP contribution in [0.1, 0.15) is 32.1 Å². The Kier molecular flexibility index (Phi) is 3.76.